The van der Waals surface area contributed by atoms with Crippen molar-refractivity contribution in [1.29, 1.82) is 0 Å². The van der Waals surface area contributed by atoms with Crippen molar-refractivity contribution in [3.05, 3.63) is 41.6 Å². The Morgan fingerprint density at radius 1 is 1.17 bits per heavy atom. The minimum absolute atomic E-state index is 0.00315. The van der Waals surface area contributed by atoms with Crippen LogP contribution >= 0.6 is 0 Å². The fourth-order valence-electron chi connectivity index (χ4n) is 2.08. The number of nitrogens with zero attached hydrogens (tertiary/aromatic N) is 4. The highest BCUT2D eigenvalue weighted by Gasteiger charge is 2.36. The van der Waals surface area contributed by atoms with Crippen LogP contribution in [0.3, 0.4) is 0 Å². The zero-order chi connectivity index (χ0) is 17.5. The summed E-state index contributed by atoms with van der Waals surface area (Å²) in [6.45, 7) is 1.61. The largest absolute Gasteiger partial charge is 0.494 e. The molecule has 0 atom stereocenters. The Bertz CT molecular complexity index is 906. The highest BCUT2D eigenvalue weighted by molar-refractivity contribution is 5.60. The van der Waals surface area contributed by atoms with E-state index in [0.717, 1.165) is 4.52 Å². The predicted octanol–water partition coefficient (Wildman–Crippen LogP) is 3.34. The van der Waals surface area contributed by atoms with Gasteiger partial charge in [0, 0.05) is 23.5 Å². The number of hydrogen-bond donors (Lipinski definition) is 1. The lowest BCUT2D eigenvalue weighted by molar-refractivity contribution is -0.144. The van der Waals surface area contributed by atoms with Gasteiger partial charge in [0.05, 0.1) is 7.11 Å². The average Bonchev–Trinajstić information content (AvgIpc) is 2.93. The van der Waals surface area contributed by atoms with E-state index in [0.29, 0.717) is 11.4 Å². The second kappa shape index (κ2) is 5.62. The number of fused-ring (bicyclic) bond motifs is 1. The van der Waals surface area contributed by atoms with E-state index in [4.69, 9.17) is 4.74 Å². The first kappa shape index (κ1) is 16.0. The summed E-state index contributed by atoms with van der Waals surface area (Å²) in [5.74, 6) is -1.84. The average molecular weight is 341 g/mol. The van der Waals surface area contributed by atoms with Crippen molar-refractivity contribution >= 4 is 17.3 Å². The summed E-state index contributed by atoms with van der Waals surface area (Å²) in [4.78, 5) is 7.31. The molecule has 2 heterocycles. The van der Waals surface area contributed by atoms with Crippen molar-refractivity contribution in [2.24, 2.45) is 0 Å². The number of halogens is 4. The molecule has 3 rings (SSSR count). The number of hydrogen-bond acceptors (Lipinski definition) is 5. The van der Waals surface area contributed by atoms with E-state index in [9.17, 15) is 17.6 Å². The maximum Gasteiger partial charge on any atom is 0.453 e. The second-order valence-corrected chi connectivity index (χ2v) is 4.90. The van der Waals surface area contributed by atoms with Crippen LogP contribution < -0.4 is 10.1 Å². The van der Waals surface area contributed by atoms with Crippen LogP contribution in [0.2, 0.25) is 0 Å². The number of methoxy groups -OCH3 is 1. The molecule has 0 aliphatic carbocycles. The molecule has 0 saturated heterocycles. The van der Waals surface area contributed by atoms with Crippen LogP contribution in [-0.4, -0.2) is 26.7 Å². The van der Waals surface area contributed by atoms with Gasteiger partial charge in [-0.1, -0.05) is 0 Å². The van der Waals surface area contributed by atoms with Crippen molar-refractivity contribution < 1.29 is 22.3 Å². The molecule has 0 bridgehead atoms. The first-order valence-corrected chi connectivity index (χ1v) is 6.70. The summed E-state index contributed by atoms with van der Waals surface area (Å²) in [5, 5.41) is 6.29. The molecule has 0 amide bonds. The van der Waals surface area contributed by atoms with Crippen molar-refractivity contribution in [3.63, 3.8) is 0 Å². The fourth-order valence-corrected chi connectivity index (χ4v) is 2.08. The Morgan fingerprint density at radius 3 is 2.58 bits per heavy atom. The molecule has 2 aromatic heterocycles. The van der Waals surface area contributed by atoms with Crippen LogP contribution in [0.4, 0.5) is 29.1 Å². The van der Waals surface area contributed by atoms with E-state index in [2.05, 4.69) is 20.4 Å². The van der Waals surface area contributed by atoms with E-state index >= 15 is 0 Å². The summed E-state index contributed by atoms with van der Waals surface area (Å²) in [6, 6.07) is 5.46. The third kappa shape index (κ3) is 2.94. The van der Waals surface area contributed by atoms with Crippen molar-refractivity contribution in [2.45, 2.75) is 13.1 Å². The molecule has 0 unspecified atom stereocenters. The Morgan fingerprint density at radius 2 is 1.92 bits per heavy atom. The molecule has 1 N–H and O–H groups in total. The van der Waals surface area contributed by atoms with Gasteiger partial charge in [0.1, 0.15) is 5.82 Å². The number of ether oxygens (including phenoxy) is 1. The Kier molecular flexibility index (Phi) is 3.74. The maximum absolute atomic E-state index is 13.4. The molecular formula is C14H11F4N5O. The first-order chi connectivity index (χ1) is 11.3. The van der Waals surface area contributed by atoms with Crippen molar-refractivity contribution in [3.8, 4) is 5.75 Å². The lowest BCUT2D eigenvalue weighted by atomic mass is 10.3. The molecule has 6 nitrogen and oxygen atoms in total. The number of rotatable bonds is 3. The molecule has 1 aromatic carbocycles. The van der Waals surface area contributed by atoms with E-state index in [1.807, 2.05) is 0 Å². The predicted molar refractivity (Wildman–Crippen MR) is 76.8 cm³/mol. The molecule has 3 aromatic rings. The molecule has 0 saturated carbocycles. The van der Waals surface area contributed by atoms with Crippen LogP contribution in [0.25, 0.3) is 5.78 Å². The Balaban J connectivity index is 2.07. The third-order valence-electron chi connectivity index (χ3n) is 3.12. The molecule has 0 spiro atoms. The van der Waals surface area contributed by atoms with Gasteiger partial charge in [0.15, 0.2) is 11.6 Å². The number of anilines is 2. The number of aryl methyl sites for hydroxylation is 1. The molecular weight excluding hydrogens is 330 g/mol. The zero-order valence-electron chi connectivity index (χ0n) is 12.5. The normalized spacial score (nSPS) is 11.8. The summed E-state index contributed by atoms with van der Waals surface area (Å²) >= 11 is 0. The third-order valence-corrected chi connectivity index (χ3v) is 3.12. The van der Waals surface area contributed by atoms with E-state index in [1.54, 1.807) is 6.92 Å². The molecule has 0 fully saturated rings. The van der Waals surface area contributed by atoms with E-state index < -0.39 is 17.8 Å². The highest BCUT2D eigenvalue weighted by atomic mass is 19.4. The van der Waals surface area contributed by atoms with Gasteiger partial charge in [-0.15, -0.1) is 5.10 Å². The van der Waals surface area contributed by atoms with Crippen LogP contribution in [0, 0.1) is 12.7 Å². The number of alkyl halides is 3. The van der Waals surface area contributed by atoms with E-state index in [-0.39, 0.29) is 17.3 Å². The fraction of sp³-hybridized carbons (Fsp3) is 0.214. The van der Waals surface area contributed by atoms with Gasteiger partial charge < -0.3 is 10.1 Å². The van der Waals surface area contributed by atoms with Crippen LogP contribution in [-0.2, 0) is 6.18 Å². The number of aromatic nitrogens is 4. The first-order valence-electron chi connectivity index (χ1n) is 6.70. The minimum atomic E-state index is -4.68. The van der Waals surface area contributed by atoms with Crippen LogP contribution in [0.5, 0.6) is 5.75 Å². The van der Waals surface area contributed by atoms with Gasteiger partial charge in [0.25, 0.3) is 11.6 Å². The lowest BCUT2D eigenvalue weighted by Gasteiger charge is -2.10. The molecule has 0 aliphatic rings. The van der Waals surface area contributed by atoms with E-state index in [1.165, 1.54) is 31.4 Å². The zero-order valence-corrected chi connectivity index (χ0v) is 12.5. The maximum atomic E-state index is 13.4. The Hall–Kier alpha value is -2.91. The van der Waals surface area contributed by atoms with Gasteiger partial charge in [0.2, 0.25) is 0 Å². The van der Waals surface area contributed by atoms with Crippen molar-refractivity contribution in [1.82, 2.24) is 19.6 Å². The Labute approximate surface area is 133 Å². The van der Waals surface area contributed by atoms with Crippen LogP contribution in [0.15, 0.2) is 24.3 Å². The number of nitrogens with one attached hydrogen (secondary N) is 1. The van der Waals surface area contributed by atoms with Gasteiger partial charge in [-0.25, -0.2) is 9.37 Å². The summed E-state index contributed by atoms with van der Waals surface area (Å²) < 4.78 is 57.6. The SMILES string of the molecule is COc1cc(Nc2cc(C)nc3nc(C(F)(F)F)nn23)ccc1F. The molecule has 0 aliphatic heterocycles. The summed E-state index contributed by atoms with van der Waals surface area (Å²) in [7, 11) is 1.31. The monoisotopic (exact) mass is 341 g/mol. The standard InChI is InChI=1S/C14H11F4N5O/c1-7-5-11(20-8-3-4-9(15)10(6-8)24-2)23-13(19-7)21-12(22-23)14(16,17)18/h3-6,20H,1-2H3. The second-order valence-electron chi connectivity index (χ2n) is 4.90. The van der Waals surface area contributed by atoms with Gasteiger partial charge in [-0.05, 0) is 19.1 Å². The van der Waals surface area contributed by atoms with Crippen LogP contribution in [0.1, 0.15) is 11.5 Å². The van der Waals surface area contributed by atoms with Crippen molar-refractivity contribution in [2.75, 3.05) is 12.4 Å². The highest BCUT2D eigenvalue weighted by Crippen LogP contribution is 2.28. The van der Waals surface area contributed by atoms with Gasteiger partial charge in [-0.2, -0.15) is 22.7 Å². The smallest absolute Gasteiger partial charge is 0.453 e. The minimum Gasteiger partial charge on any atom is -0.494 e. The topological polar surface area (TPSA) is 64.3 Å². The summed E-state index contributed by atoms with van der Waals surface area (Å²) in [5.41, 5.74) is 0.851. The van der Waals surface area contributed by atoms with Gasteiger partial charge in [-0.3, -0.25) is 0 Å². The quantitative estimate of drug-likeness (QED) is 0.740. The molecule has 0 radical (unpaired) electrons. The summed E-state index contributed by atoms with van der Waals surface area (Å²) in [6.07, 6.45) is -4.68. The molecule has 10 heteroatoms. The van der Waals surface area contributed by atoms with Gasteiger partial charge >= 0.3 is 6.18 Å². The number of benzene rings is 1. The molecule has 126 valence electrons. The molecule has 24 heavy (non-hydrogen) atoms. The lowest BCUT2D eigenvalue weighted by Crippen LogP contribution is -2.08.